The van der Waals surface area contributed by atoms with Gasteiger partial charge in [-0.2, -0.15) is 0 Å². The van der Waals surface area contributed by atoms with Gasteiger partial charge in [0.1, 0.15) is 0 Å². The van der Waals surface area contributed by atoms with E-state index in [0.29, 0.717) is 17.8 Å². The van der Waals surface area contributed by atoms with Crippen LogP contribution in [0.2, 0.25) is 0 Å². The summed E-state index contributed by atoms with van der Waals surface area (Å²) in [5, 5.41) is 3.16. The summed E-state index contributed by atoms with van der Waals surface area (Å²) in [7, 11) is -7.51. The third kappa shape index (κ3) is 4.68. The summed E-state index contributed by atoms with van der Waals surface area (Å²) in [6.45, 7) is 14.2. The van der Waals surface area contributed by atoms with Gasteiger partial charge in [0.25, 0.3) is 5.91 Å². The lowest BCUT2D eigenvalue weighted by Crippen LogP contribution is -2.45. The highest BCUT2D eigenvalue weighted by molar-refractivity contribution is 7.95. The number of sulfonamides is 1. The monoisotopic (exact) mass is 495 g/mol. The molecule has 3 rings (SSSR count). The van der Waals surface area contributed by atoms with Gasteiger partial charge in [0.05, 0.1) is 39.1 Å². The van der Waals surface area contributed by atoms with Crippen LogP contribution in [0.5, 0.6) is 0 Å². The molecule has 1 amide bonds. The van der Waals surface area contributed by atoms with Crippen molar-refractivity contribution in [3.05, 3.63) is 39.9 Å². The molecule has 1 aromatic carbocycles. The minimum atomic E-state index is -3.95. The van der Waals surface area contributed by atoms with E-state index >= 15 is 0 Å². The number of amides is 1. The number of carbonyl (C=O) groups is 1. The Bertz CT molecular complexity index is 1280. The Kier molecular flexibility index (Phi) is 6.25. The van der Waals surface area contributed by atoms with E-state index < -0.39 is 19.9 Å². The molecule has 2 aliphatic heterocycles. The first-order chi connectivity index (χ1) is 14.9. The Labute approximate surface area is 197 Å². The third-order valence-corrected chi connectivity index (χ3v) is 8.35. The molecule has 2 aliphatic rings. The lowest BCUT2D eigenvalue weighted by molar-refractivity contribution is -0.129. The fourth-order valence-corrected chi connectivity index (χ4v) is 6.69. The van der Waals surface area contributed by atoms with Gasteiger partial charge in [0, 0.05) is 12.2 Å². The van der Waals surface area contributed by atoms with Crippen LogP contribution in [0.25, 0.3) is 0 Å². The molecule has 0 bridgehead atoms. The fourth-order valence-electron chi connectivity index (χ4n) is 4.69. The molecule has 2 heterocycles. The fraction of sp³-hybridized carbons (Fsp3) is 0.522. The molecule has 182 valence electrons. The van der Waals surface area contributed by atoms with Crippen molar-refractivity contribution in [2.45, 2.75) is 59.4 Å². The van der Waals surface area contributed by atoms with Crippen LogP contribution in [0, 0.1) is 11.3 Å². The van der Waals surface area contributed by atoms with Crippen LogP contribution in [0.1, 0.15) is 48.5 Å². The van der Waals surface area contributed by atoms with E-state index in [2.05, 4.69) is 30.8 Å². The summed E-state index contributed by atoms with van der Waals surface area (Å²) in [6, 6.07) is 4.13. The van der Waals surface area contributed by atoms with E-state index in [4.69, 9.17) is 0 Å². The van der Waals surface area contributed by atoms with Crippen LogP contribution in [0.3, 0.4) is 0 Å². The smallest absolute Gasteiger partial charge is 0.256 e. The second kappa shape index (κ2) is 8.16. The van der Waals surface area contributed by atoms with Gasteiger partial charge < -0.3 is 10.2 Å². The van der Waals surface area contributed by atoms with E-state index in [9.17, 15) is 21.6 Å². The first kappa shape index (κ1) is 25.3. The average Bonchev–Trinajstić information content (AvgIpc) is 2.87. The minimum Gasteiger partial charge on any atom is -0.353 e. The van der Waals surface area contributed by atoms with Crippen LogP contribution < -0.4 is 10.0 Å². The summed E-state index contributed by atoms with van der Waals surface area (Å²) < 4.78 is 52.3. The van der Waals surface area contributed by atoms with Gasteiger partial charge in [-0.3, -0.25) is 9.52 Å². The molecule has 0 aromatic heterocycles. The van der Waals surface area contributed by atoms with Crippen molar-refractivity contribution in [2.24, 2.45) is 11.3 Å². The molecule has 0 aliphatic carbocycles. The van der Waals surface area contributed by atoms with Gasteiger partial charge in [-0.1, -0.05) is 34.6 Å². The van der Waals surface area contributed by atoms with Crippen molar-refractivity contribution < 1.29 is 21.6 Å². The number of fused-ring (bicyclic) bond motifs is 1. The van der Waals surface area contributed by atoms with Crippen LogP contribution in [-0.2, 0) is 24.7 Å². The van der Waals surface area contributed by atoms with Gasteiger partial charge in [-0.15, -0.1) is 0 Å². The largest absolute Gasteiger partial charge is 0.353 e. The Hall–Kier alpha value is -2.33. The first-order valence-electron chi connectivity index (χ1n) is 10.8. The van der Waals surface area contributed by atoms with Crippen LogP contribution in [0.15, 0.2) is 44.8 Å². The van der Waals surface area contributed by atoms with Gasteiger partial charge in [0.15, 0.2) is 0 Å². The van der Waals surface area contributed by atoms with Crippen molar-refractivity contribution in [1.29, 1.82) is 0 Å². The van der Waals surface area contributed by atoms with E-state index in [1.807, 2.05) is 25.7 Å². The average molecular weight is 496 g/mol. The first-order valence-corrected chi connectivity index (χ1v) is 14.2. The van der Waals surface area contributed by atoms with Crippen molar-refractivity contribution >= 4 is 37.1 Å². The Morgan fingerprint density at radius 2 is 1.79 bits per heavy atom. The molecule has 8 nitrogen and oxygen atoms in total. The Morgan fingerprint density at radius 1 is 1.18 bits per heavy atom. The van der Waals surface area contributed by atoms with Gasteiger partial charge in [-0.25, -0.2) is 16.8 Å². The van der Waals surface area contributed by atoms with Crippen molar-refractivity contribution in [2.75, 3.05) is 22.8 Å². The number of rotatable bonds is 5. The van der Waals surface area contributed by atoms with E-state index in [0.717, 1.165) is 11.8 Å². The van der Waals surface area contributed by atoms with Crippen molar-refractivity contribution in [3.63, 3.8) is 0 Å². The highest BCUT2D eigenvalue weighted by Gasteiger charge is 2.46. The number of nitrogens with zero attached hydrogens (tertiary/aromatic N) is 1. The number of hydrogen-bond acceptors (Lipinski definition) is 6. The number of carbonyl (C=O) groups excluding carboxylic acids is 1. The predicted octanol–water partition coefficient (Wildman–Crippen LogP) is 3.72. The quantitative estimate of drug-likeness (QED) is 0.644. The minimum absolute atomic E-state index is 0.0347. The summed E-state index contributed by atoms with van der Waals surface area (Å²) in [6.07, 6.45) is 0.998. The van der Waals surface area contributed by atoms with E-state index in [1.165, 1.54) is 25.1 Å². The highest BCUT2D eigenvalue weighted by Crippen LogP contribution is 2.44. The maximum Gasteiger partial charge on any atom is 0.256 e. The molecule has 33 heavy (non-hydrogen) atoms. The van der Waals surface area contributed by atoms with E-state index in [1.54, 1.807) is 0 Å². The topological polar surface area (TPSA) is 113 Å². The standard InChI is InChI=1S/C23H33N3O5S2/c1-13(2)12-26-21(23(5,6)7)14(3)19(22(26)27)20-15(4)33(30,31)18-11-16(25-32(8,28)29)9-10-17(18)24-20/h9-11,13,21,24-25H,12H2,1-8H3. The predicted molar refractivity (Wildman–Crippen MR) is 131 cm³/mol. The number of nitrogens with one attached hydrogen (secondary N) is 2. The number of sulfone groups is 1. The molecule has 2 N–H and O–H groups in total. The molecule has 0 fully saturated rings. The SMILES string of the molecule is CC1=C(C2=C(C)S(=O)(=O)c3cc(NS(C)(=O)=O)ccc3N2)C(=O)N(CC(C)C)C1C(C)(C)C. The molecule has 10 heteroatoms. The lowest BCUT2D eigenvalue weighted by atomic mass is 9.82. The molecule has 0 spiro atoms. The Morgan fingerprint density at radius 3 is 2.30 bits per heavy atom. The van der Waals surface area contributed by atoms with Crippen LogP contribution in [-0.4, -0.2) is 46.5 Å². The summed E-state index contributed by atoms with van der Waals surface area (Å²) in [5.74, 6) is 0.0718. The molecular formula is C23H33N3O5S2. The van der Waals surface area contributed by atoms with Gasteiger partial charge in [0.2, 0.25) is 19.9 Å². The van der Waals surface area contributed by atoms with Gasteiger partial charge in [-0.05, 0) is 49.0 Å². The zero-order chi connectivity index (χ0) is 25.1. The normalized spacial score (nSPS) is 20.9. The molecule has 0 saturated heterocycles. The number of allylic oxidation sites excluding steroid dienone is 1. The number of hydrogen-bond donors (Lipinski definition) is 2. The zero-order valence-electron chi connectivity index (χ0n) is 20.4. The maximum absolute atomic E-state index is 13.6. The Balaban J connectivity index is 2.16. The molecule has 1 aromatic rings. The van der Waals surface area contributed by atoms with Gasteiger partial charge >= 0.3 is 0 Å². The van der Waals surface area contributed by atoms with Crippen molar-refractivity contribution in [3.8, 4) is 0 Å². The second-order valence-electron chi connectivity index (χ2n) is 10.3. The van der Waals surface area contributed by atoms with Crippen molar-refractivity contribution in [1.82, 2.24) is 4.90 Å². The zero-order valence-corrected chi connectivity index (χ0v) is 22.0. The van der Waals surface area contributed by atoms with Crippen LogP contribution >= 0.6 is 0 Å². The molecule has 0 radical (unpaired) electrons. The van der Waals surface area contributed by atoms with Crippen LogP contribution in [0.4, 0.5) is 11.4 Å². The number of benzene rings is 1. The molecule has 0 saturated carbocycles. The molecular weight excluding hydrogens is 462 g/mol. The second-order valence-corrected chi connectivity index (χ2v) is 14.1. The summed E-state index contributed by atoms with van der Waals surface area (Å²) >= 11 is 0. The lowest BCUT2D eigenvalue weighted by Gasteiger charge is -2.37. The molecule has 1 unspecified atom stereocenters. The number of anilines is 2. The maximum atomic E-state index is 13.6. The summed E-state index contributed by atoms with van der Waals surface area (Å²) in [5.41, 5.74) is 1.74. The third-order valence-electron chi connectivity index (χ3n) is 5.81. The molecule has 1 atom stereocenters. The van der Waals surface area contributed by atoms with E-state index in [-0.39, 0.29) is 44.5 Å². The highest BCUT2D eigenvalue weighted by atomic mass is 32.2. The summed E-state index contributed by atoms with van der Waals surface area (Å²) in [4.78, 5) is 15.5.